The van der Waals surface area contributed by atoms with Gasteiger partial charge in [0.25, 0.3) is 0 Å². The Kier molecular flexibility index (Phi) is 4.39. The van der Waals surface area contributed by atoms with E-state index in [1.54, 1.807) is 0 Å². The van der Waals surface area contributed by atoms with E-state index in [4.69, 9.17) is 0 Å². The first kappa shape index (κ1) is 12.0. The van der Waals surface area contributed by atoms with Crippen molar-refractivity contribution in [3.8, 4) is 0 Å². The standard InChI is InChI=1S/C12H26N2/c1-5-12(10-14(3)4)8-6-11(13-2)7-9-12/h11,13H,5-10H2,1-4H3. The third-order valence-electron chi connectivity index (χ3n) is 3.86. The normalized spacial score (nSPS) is 33.6. The van der Waals surface area contributed by atoms with Crippen LogP contribution in [0.5, 0.6) is 0 Å². The Balaban J connectivity index is 2.48. The predicted molar refractivity (Wildman–Crippen MR) is 62.6 cm³/mol. The minimum atomic E-state index is 0.608. The molecule has 14 heavy (non-hydrogen) atoms. The highest BCUT2D eigenvalue weighted by atomic mass is 15.1. The number of rotatable bonds is 4. The molecular formula is C12H26N2. The van der Waals surface area contributed by atoms with Crippen LogP contribution in [0.3, 0.4) is 0 Å². The smallest absolute Gasteiger partial charge is 0.00644 e. The SMILES string of the molecule is CCC1(CN(C)C)CCC(NC)CC1. The second kappa shape index (κ2) is 5.13. The molecule has 0 bridgehead atoms. The quantitative estimate of drug-likeness (QED) is 0.744. The average molecular weight is 198 g/mol. The van der Waals surface area contributed by atoms with Gasteiger partial charge in [-0.25, -0.2) is 0 Å². The van der Waals surface area contributed by atoms with Crippen LogP contribution >= 0.6 is 0 Å². The largest absolute Gasteiger partial charge is 0.317 e. The minimum absolute atomic E-state index is 0.608. The van der Waals surface area contributed by atoms with E-state index >= 15 is 0 Å². The van der Waals surface area contributed by atoms with Crippen molar-refractivity contribution in [1.82, 2.24) is 10.2 Å². The van der Waals surface area contributed by atoms with Gasteiger partial charge in [-0.1, -0.05) is 6.92 Å². The lowest BCUT2D eigenvalue weighted by Crippen LogP contribution is -2.41. The Labute approximate surface area is 89.1 Å². The van der Waals surface area contributed by atoms with Gasteiger partial charge in [-0.2, -0.15) is 0 Å². The lowest BCUT2D eigenvalue weighted by Gasteiger charge is -2.41. The van der Waals surface area contributed by atoms with Crippen LogP contribution in [0, 0.1) is 5.41 Å². The van der Waals surface area contributed by atoms with E-state index in [0.717, 1.165) is 6.04 Å². The van der Waals surface area contributed by atoms with Gasteiger partial charge in [0.1, 0.15) is 0 Å². The first-order valence-electron chi connectivity index (χ1n) is 5.94. The third kappa shape index (κ3) is 2.96. The van der Waals surface area contributed by atoms with E-state index in [1.165, 1.54) is 38.6 Å². The number of nitrogens with one attached hydrogen (secondary N) is 1. The van der Waals surface area contributed by atoms with Crippen LogP contribution in [-0.4, -0.2) is 38.6 Å². The van der Waals surface area contributed by atoms with Gasteiger partial charge in [-0.15, -0.1) is 0 Å². The van der Waals surface area contributed by atoms with Gasteiger partial charge in [0, 0.05) is 12.6 Å². The summed E-state index contributed by atoms with van der Waals surface area (Å²) >= 11 is 0. The molecule has 1 fully saturated rings. The number of nitrogens with zero attached hydrogens (tertiary/aromatic N) is 1. The van der Waals surface area contributed by atoms with Crippen LogP contribution in [0.1, 0.15) is 39.0 Å². The van der Waals surface area contributed by atoms with E-state index in [9.17, 15) is 0 Å². The Hall–Kier alpha value is -0.0800. The van der Waals surface area contributed by atoms with Crippen LogP contribution in [0.15, 0.2) is 0 Å². The summed E-state index contributed by atoms with van der Waals surface area (Å²) in [6.07, 6.45) is 6.85. The summed E-state index contributed by atoms with van der Waals surface area (Å²) in [6, 6.07) is 0.775. The van der Waals surface area contributed by atoms with Crippen LogP contribution in [-0.2, 0) is 0 Å². The molecule has 1 rings (SSSR count). The molecule has 0 amide bonds. The highest BCUT2D eigenvalue weighted by molar-refractivity contribution is 4.88. The summed E-state index contributed by atoms with van der Waals surface area (Å²) in [7, 11) is 6.48. The number of hydrogen-bond donors (Lipinski definition) is 1. The lowest BCUT2D eigenvalue weighted by molar-refractivity contribution is 0.114. The first-order valence-corrected chi connectivity index (χ1v) is 5.94. The Morgan fingerprint density at radius 1 is 1.29 bits per heavy atom. The van der Waals surface area contributed by atoms with Crippen LogP contribution in [0.4, 0.5) is 0 Å². The van der Waals surface area contributed by atoms with E-state index in [0.29, 0.717) is 5.41 Å². The molecule has 0 atom stereocenters. The molecule has 0 saturated heterocycles. The average Bonchev–Trinajstić information content (AvgIpc) is 2.18. The summed E-state index contributed by atoms with van der Waals surface area (Å²) in [5, 5.41) is 3.41. The van der Waals surface area contributed by atoms with Crippen molar-refractivity contribution in [2.45, 2.75) is 45.1 Å². The molecule has 0 unspecified atom stereocenters. The third-order valence-corrected chi connectivity index (χ3v) is 3.86. The van der Waals surface area contributed by atoms with Crippen molar-refractivity contribution in [2.24, 2.45) is 5.41 Å². The maximum Gasteiger partial charge on any atom is 0.00644 e. The zero-order chi connectivity index (χ0) is 10.6. The van der Waals surface area contributed by atoms with Crippen molar-refractivity contribution in [1.29, 1.82) is 0 Å². The fourth-order valence-electron chi connectivity index (χ4n) is 2.81. The topological polar surface area (TPSA) is 15.3 Å². The van der Waals surface area contributed by atoms with Gasteiger partial charge in [0.15, 0.2) is 0 Å². The molecule has 84 valence electrons. The van der Waals surface area contributed by atoms with Crippen LogP contribution in [0.2, 0.25) is 0 Å². The molecule has 2 heteroatoms. The fourth-order valence-corrected chi connectivity index (χ4v) is 2.81. The highest BCUT2D eigenvalue weighted by Gasteiger charge is 2.33. The van der Waals surface area contributed by atoms with Gasteiger partial charge in [-0.05, 0) is 58.7 Å². The van der Waals surface area contributed by atoms with Crippen molar-refractivity contribution in [2.75, 3.05) is 27.7 Å². The molecule has 1 aliphatic rings. The first-order chi connectivity index (χ1) is 6.62. The Morgan fingerprint density at radius 2 is 1.86 bits per heavy atom. The molecule has 0 aromatic rings. The predicted octanol–water partition coefficient (Wildman–Crippen LogP) is 2.11. The molecule has 1 N–H and O–H groups in total. The van der Waals surface area contributed by atoms with E-state index in [-0.39, 0.29) is 0 Å². The Morgan fingerprint density at radius 3 is 2.21 bits per heavy atom. The molecule has 0 aromatic carbocycles. The van der Waals surface area contributed by atoms with Gasteiger partial charge < -0.3 is 10.2 Å². The molecule has 2 nitrogen and oxygen atoms in total. The monoisotopic (exact) mass is 198 g/mol. The maximum absolute atomic E-state index is 3.41. The van der Waals surface area contributed by atoms with Gasteiger partial charge in [0.2, 0.25) is 0 Å². The van der Waals surface area contributed by atoms with Gasteiger partial charge in [-0.3, -0.25) is 0 Å². The summed E-state index contributed by atoms with van der Waals surface area (Å²) in [5.41, 5.74) is 0.608. The second-order valence-corrected chi connectivity index (χ2v) is 5.15. The minimum Gasteiger partial charge on any atom is -0.317 e. The lowest BCUT2D eigenvalue weighted by atomic mass is 9.70. The highest BCUT2D eigenvalue weighted by Crippen LogP contribution is 2.39. The molecule has 0 heterocycles. The maximum atomic E-state index is 3.41. The fraction of sp³-hybridized carbons (Fsp3) is 1.00. The molecule has 1 aliphatic carbocycles. The Bertz CT molecular complexity index is 158. The second-order valence-electron chi connectivity index (χ2n) is 5.15. The van der Waals surface area contributed by atoms with Crippen LogP contribution in [0.25, 0.3) is 0 Å². The zero-order valence-electron chi connectivity index (χ0n) is 10.3. The van der Waals surface area contributed by atoms with E-state index in [2.05, 4.69) is 38.3 Å². The molecule has 0 aromatic heterocycles. The van der Waals surface area contributed by atoms with Crippen molar-refractivity contribution in [3.63, 3.8) is 0 Å². The molecule has 1 saturated carbocycles. The van der Waals surface area contributed by atoms with Crippen molar-refractivity contribution < 1.29 is 0 Å². The van der Waals surface area contributed by atoms with Crippen molar-refractivity contribution in [3.05, 3.63) is 0 Å². The van der Waals surface area contributed by atoms with Gasteiger partial charge >= 0.3 is 0 Å². The zero-order valence-corrected chi connectivity index (χ0v) is 10.3. The van der Waals surface area contributed by atoms with Crippen LogP contribution < -0.4 is 5.32 Å². The summed E-state index contributed by atoms with van der Waals surface area (Å²) in [6.45, 7) is 3.61. The van der Waals surface area contributed by atoms with E-state index in [1.807, 2.05) is 0 Å². The summed E-state index contributed by atoms with van der Waals surface area (Å²) < 4.78 is 0. The molecule has 0 aliphatic heterocycles. The van der Waals surface area contributed by atoms with E-state index < -0.39 is 0 Å². The van der Waals surface area contributed by atoms with Crippen molar-refractivity contribution >= 4 is 0 Å². The number of hydrogen-bond acceptors (Lipinski definition) is 2. The summed E-state index contributed by atoms with van der Waals surface area (Å²) in [5.74, 6) is 0. The molecule has 0 spiro atoms. The molecule has 0 radical (unpaired) electrons. The summed E-state index contributed by atoms with van der Waals surface area (Å²) in [4.78, 5) is 2.35. The molecular weight excluding hydrogens is 172 g/mol. The van der Waals surface area contributed by atoms with Gasteiger partial charge in [0.05, 0.1) is 0 Å².